The van der Waals surface area contributed by atoms with Crippen molar-refractivity contribution in [1.29, 1.82) is 0 Å². The van der Waals surface area contributed by atoms with Gasteiger partial charge in [0.2, 0.25) is 5.88 Å². The third-order valence-electron chi connectivity index (χ3n) is 9.47. The van der Waals surface area contributed by atoms with Crippen LogP contribution in [0, 0.1) is 6.92 Å². The number of ether oxygens (including phenoxy) is 1. The van der Waals surface area contributed by atoms with E-state index in [9.17, 15) is 9.59 Å². The monoisotopic (exact) mass is 664 g/mol. The molecular formula is C36H37ClN8O3. The maximum absolute atomic E-state index is 12.8. The van der Waals surface area contributed by atoms with Crippen molar-refractivity contribution in [2.45, 2.75) is 38.1 Å². The third-order valence-corrected chi connectivity index (χ3v) is 9.87. The minimum atomic E-state index is -0.208. The fraction of sp³-hybridized carbons (Fsp3) is 0.306. The number of fused-ring (bicyclic) bond motifs is 2. The van der Waals surface area contributed by atoms with Gasteiger partial charge in [-0.15, -0.1) is 0 Å². The summed E-state index contributed by atoms with van der Waals surface area (Å²) in [6, 6.07) is 15.9. The predicted octanol–water partition coefficient (Wildman–Crippen LogP) is 5.29. The lowest BCUT2D eigenvalue weighted by Crippen LogP contribution is -2.45. The molecule has 2 amide bonds. The second-order valence-electron chi connectivity index (χ2n) is 12.5. The highest BCUT2D eigenvalue weighted by Gasteiger charge is 2.39. The summed E-state index contributed by atoms with van der Waals surface area (Å²) in [5, 5.41) is 18.2. The van der Waals surface area contributed by atoms with Gasteiger partial charge >= 0.3 is 6.03 Å². The van der Waals surface area contributed by atoms with Gasteiger partial charge in [-0.1, -0.05) is 41.9 Å². The lowest BCUT2D eigenvalue weighted by Gasteiger charge is -2.18. The van der Waals surface area contributed by atoms with E-state index in [1.807, 2.05) is 43.3 Å². The van der Waals surface area contributed by atoms with Crippen LogP contribution in [0.4, 0.5) is 16.3 Å². The number of anilines is 2. The Labute approximate surface area is 283 Å². The second-order valence-corrected chi connectivity index (χ2v) is 12.9. The Hall–Kier alpha value is -5.00. The van der Waals surface area contributed by atoms with Gasteiger partial charge < -0.3 is 26.0 Å². The Morgan fingerprint density at radius 1 is 1.04 bits per heavy atom. The number of aryl methyl sites for hydroxylation is 2. The fourth-order valence-electron chi connectivity index (χ4n) is 6.83. The molecule has 11 nitrogen and oxygen atoms in total. The van der Waals surface area contributed by atoms with E-state index in [1.165, 1.54) is 15.8 Å². The number of nitrogens with zero attached hydrogens (tertiary/aromatic N) is 4. The van der Waals surface area contributed by atoms with Crippen LogP contribution in [-0.2, 0) is 19.9 Å². The highest BCUT2D eigenvalue weighted by Crippen LogP contribution is 2.41. The van der Waals surface area contributed by atoms with E-state index in [2.05, 4.69) is 37.4 Å². The van der Waals surface area contributed by atoms with Crippen LogP contribution < -0.4 is 31.6 Å². The molecule has 0 saturated carbocycles. The van der Waals surface area contributed by atoms with Crippen molar-refractivity contribution in [2.75, 3.05) is 32.1 Å². The van der Waals surface area contributed by atoms with Gasteiger partial charge in [-0.25, -0.2) is 19.4 Å². The van der Waals surface area contributed by atoms with Crippen molar-refractivity contribution < 1.29 is 9.53 Å². The highest BCUT2D eigenvalue weighted by atomic mass is 35.5. The standard InChI is InChI=1S/C30H26ClN5O2.C6H11N3O/c1-17-20(8-6-12-24(17)34-28-26-19(13-14-32-28)16-33-36(2)30(26)37)22-10-5-11-23(27(22)31)25-15-18-7-4-9-21(18)29(35-25)38-3;10-5-8-4-6(9-5)1-2-7-3-6/h5-6,8,10-16H,4,7,9H2,1-3H3,(H,32,34);7H,1-4H2,(H2,8,9,10). The van der Waals surface area contributed by atoms with Crippen LogP contribution in [0.1, 0.15) is 29.5 Å². The summed E-state index contributed by atoms with van der Waals surface area (Å²) in [5.74, 6) is 1.17. The van der Waals surface area contributed by atoms with Crippen molar-refractivity contribution >= 4 is 39.9 Å². The van der Waals surface area contributed by atoms with E-state index < -0.39 is 0 Å². The molecule has 8 rings (SSSR count). The van der Waals surface area contributed by atoms with Crippen molar-refractivity contribution in [3.8, 4) is 28.3 Å². The van der Waals surface area contributed by atoms with Crippen molar-refractivity contribution in [1.82, 2.24) is 35.7 Å². The largest absolute Gasteiger partial charge is 0.481 e. The van der Waals surface area contributed by atoms with Crippen LogP contribution in [0.25, 0.3) is 33.2 Å². The van der Waals surface area contributed by atoms with Crippen LogP contribution in [0.2, 0.25) is 5.02 Å². The Balaban J connectivity index is 0.000000310. The van der Waals surface area contributed by atoms with Crippen LogP contribution in [-0.4, -0.2) is 58.1 Å². The average Bonchev–Trinajstić information content (AvgIpc) is 3.85. The number of carbonyl (C=O) groups is 1. The van der Waals surface area contributed by atoms with Crippen LogP contribution in [0.3, 0.4) is 0 Å². The molecule has 5 aromatic rings. The lowest BCUT2D eigenvalue weighted by molar-refractivity contribution is 0.245. The molecule has 12 heteroatoms. The summed E-state index contributed by atoms with van der Waals surface area (Å²) in [5.41, 5.74) is 7.67. The van der Waals surface area contributed by atoms with Crippen LogP contribution >= 0.6 is 11.6 Å². The van der Waals surface area contributed by atoms with E-state index in [0.717, 1.165) is 84.3 Å². The van der Waals surface area contributed by atoms with E-state index in [1.54, 1.807) is 32.6 Å². The topological polar surface area (TPSA) is 135 Å². The van der Waals surface area contributed by atoms with Gasteiger partial charge in [-0.2, -0.15) is 5.10 Å². The normalized spacial score (nSPS) is 17.9. The first-order valence-corrected chi connectivity index (χ1v) is 16.5. The van der Waals surface area contributed by atoms with E-state index in [-0.39, 0.29) is 17.1 Å². The number of urea groups is 1. The number of hydrogen-bond acceptors (Lipinski definition) is 8. The number of methoxy groups -OCH3 is 1. The second kappa shape index (κ2) is 12.9. The Bertz CT molecular complexity index is 2110. The van der Waals surface area contributed by atoms with Crippen molar-refractivity contribution in [3.05, 3.63) is 93.0 Å². The zero-order valence-corrected chi connectivity index (χ0v) is 27.9. The summed E-state index contributed by atoms with van der Waals surface area (Å²) in [6.45, 7) is 4.73. The van der Waals surface area contributed by atoms with Crippen molar-refractivity contribution in [3.63, 3.8) is 0 Å². The summed E-state index contributed by atoms with van der Waals surface area (Å²) >= 11 is 7.06. The Morgan fingerprint density at radius 3 is 2.62 bits per heavy atom. The molecule has 2 aliphatic heterocycles. The number of benzene rings is 2. The number of pyridine rings is 2. The summed E-state index contributed by atoms with van der Waals surface area (Å²) in [7, 11) is 3.30. The maximum atomic E-state index is 12.8. The molecule has 5 heterocycles. The SMILES string of the molecule is COc1nc(-c2cccc(-c3cccc(Nc4nccc5cnn(C)c(=O)c45)c3C)c2Cl)cc2c1CCC2.O=C1NCC2(CCNC2)N1. The van der Waals surface area contributed by atoms with E-state index in [4.69, 9.17) is 21.3 Å². The number of nitrogens with one attached hydrogen (secondary N) is 4. The zero-order chi connectivity index (χ0) is 33.4. The van der Waals surface area contributed by atoms with E-state index >= 15 is 0 Å². The first kappa shape index (κ1) is 31.6. The lowest BCUT2D eigenvalue weighted by atomic mass is 9.96. The van der Waals surface area contributed by atoms with Gasteiger partial charge in [0.15, 0.2) is 0 Å². The first-order chi connectivity index (χ1) is 23.3. The van der Waals surface area contributed by atoms with Gasteiger partial charge in [0.1, 0.15) is 5.82 Å². The molecule has 1 spiro atoms. The molecule has 48 heavy (non-hydrogen) atoms. The third kappa shape index (κ3) is 5.84. The molecule has 0 bridgehead atoms. The van der Waals surface area contributed by atoms with Crippen molar-refractivity contribution in [2.24, 2.45) is 7.05 Å². The number of aromatic nitrogens is 4. The maximum Gasteiger partial charge on any atom is 0.315 e. The van der Waals surface area contributed by atoms with Gasteiger partial charge in [-0.3, -0.25) is 4.79 Å². The van der Waals surface area contributed by atoms with Gasteiger partial charge in [0.25, 0.3) is 5.56 Å². The van der Waals surface area contributed by atoms with E-state index in [0.29, 0.717) is 22.1 Å². The molecule has 1 aliphatic carbocycles. The highest BCUT2D eigenvalue weighted by molar-refractivity contribution is 6.36. The Morgan fingerprint density at radius 2 is 1.85 bits per heavy atom. The molecule has 3 aromatic heterocycles. The average molecular weight is 665 g/mol. The number of hydrogen-bond donors (Lipinski definition) is 4. The molecule has 4 N–H and O–H groups in total. The molecule has 2 fully saturated rings. The minimum Gasteiger partial charge on any atom is -0.481 e. The van der Waals surface area contributed by atoms with Crippen LogP contribution in [0.15, 0.2) is 65.7 Å². The molecule has 246 valence electrons. The Kier molecular flexibility index (Phi) is 8.49. The molecule has 0 radical (unpaired) electrons. The number of amides is 2. The molecular weight excluding hydrogens is 628 g/mol. The quantitative estimate of drug-likeness (QED) is 0.199. The molecule has 2 saturated heterocycles. The zero-order valence-electron chi connectivity index (χ0n) is 27.1. The fourth-order valence-corrected chi connectivity index (χ4v) is 7.15. The van der Waals surface area contributed by atoms with Crippen LogP contribution in [0.5, 0.6) is 5.88 Å². The summed E-state index contributed by atoms with van der Waals surface area (Å²) in [6.07, 6.45) is 7.51. The molecule has 1 atom stereocenters. The minimum absolute atomic E-state index is 0.0244. The molecule has 1 unspecified atom stereocenters. The summed E-state index contributed by atoms with van der Waals surface area (Å²) < 4.78 is 6.93. The predicted molar refractivity (Wildman–Crippen MR) is 188 cm³/mol. The smallest absolute Gasteiger partial charge is 0.315 e. The number of halogens is 1. The summed E-state index contributed by atoms with van der Waals surface area (Å²) in [4.78, 5) is 32.9. The van der Waals surface area contributed by atoms with Gasteiger partial charge in [0.05, 0.1) is 34.9 Å². The number of rotatable bonds is 5. The van der Waals surface area contributed by atoms with Gasteiger partial charge in [-0.05, 0) is 74.0 Å². The van der Waals surface area contributed by atoms with Gasteiger partial charge in [0, 0.05) is 54.1 Å². The molecule has 2 aromatic carbocycles. The number of carbonyl (C=O) groups excluding carboxylic acids is 1. The molecule has 3 aliphatic rings. The first-order valence-electron chi connectivity index (χ1n) is 16.1.